The van der Waals surface area contributed by atoms with Crippen LogP contribution in [-0.2, 0) is 0 Å². The van der Waals surface area contributed by atoms with Crippen molar-refractivity contribution in [1.82, 2.24) is 15.2 Å². The summed E-state index contributed by atoms with van der Waals surface area (Å²) in [5, 5.41) is 3.83. The van der Waals surface area contributed by atoms with Crippen molar-refractivity contribution < 1.29 is 4.79 Å². The van der Waals surface area contributed by atoms with Crippen molar-refractivity contribution in [3.63, 3.8) is 0 Å². The van der Waals surface area contributed by atoms with Gasteiger partial charge in [0.2, 0.25) is 0 Å². The summed E-state index contributed by atoms with van der Waals surface area (Å²) in [5.74, 6) is 0.636. The van der Waals surface area contributed by atoms with Crippen molar-refractivity contribution in [2.45, 2.75) is 38.1 Å². The summed E-state index contributed by atoms with van der Waals surface area (Å²) in [6, 6.07) is 15.4. The van der Waals surface area contributed by atoms with Crippen LogP contribution in [0.25, 0.3) is 0 Å². The fourth-order valence-electron chi connectivity index (χ4n) is 4.28. The molecule has 5 nitrogen and oxygen atoms in total. The molecule has 4 rings (SSSR count). The molecule has 1 N–H and O–H groups in total. The van der Waals surface area contributed by atoms with E-state index in [1.807, 2.05) is 18.3 Å². The number of nitrogens with one attached hydrogen (secondary N) is 1. The van der Waals surface area contributed by atoms with Crippen LogP contribution in [0, 0.1) is 5.41 Å². The highest BCUT2D eigenvalue weighted by Gasteiger charge is 2.40. The van der Waals surface area contributed by atoms with Gasteiger partial charge in [-0.2, -0.15) is 0 Å². The summed E-state index contributed by atoms with van der Waals surface area (Å²) in [6.07, 6.45) is 5.43. The van der Waals surface area contributed by atoms with Gasteiger partial charge in [0.05, 0.1) is 11.9 Å². The molecule has 2 atom stereocenters. The van der Waals surface area contributed by atoms with Gasteiger partial charge >= 0.3 is 0 Å². The van der Waals surface area contributed by atoms with Crippen molar-refractivity contribution in [3.05, 3.63) is 59.9 Å². The number of aromatic nitrogens is 1. The first-order valence-electron chi connectivity index (χ1n) is 10.7. The number of anilines is 1. The fraction of sp³-hybridized carbons (Fsp3) is 0.500. The highest BCUT2D eigenvalue weighted by Crippen LogP contribution is 2.41. The lowest BCUT2D eigenvalue weighted by atomic mass is 9.80. The molecule has 2 aliphatic rings. The van der Waals surface area contributed by atoms with E-state index in [4.69, 9.17) is 0 Å². The van der Waals surface area contributed by atoms with Crippen LogP contribution in [0.15, 0.2) is 48.7 Å². The van der Waals surface area contributed by atoms with Gasteiger partial charge in [-0.05, 0) is 42.4 Å². The molecule has 2 heterocycles. The summed E-state index contributed by atoms with van der Waals surface area (Å²) in [5.41, 5.74) is 3.42. The maximum absolute atomic E-state index is 12.0. The Labute approximate surface area is 174 Å². The number of carbonyl (C=O) groups excluding carboxylic acids is 1. The number of rotatable bonds is 6. The number of hydrogen-bond acceptors (Lipinski definition) is 4. The summed E-state index contributed by atoms with van der Waals surface area (Å²) in [7, 11) is 3.50. The molecule has 2 aromatic rings. The van der Waals surface area contributed by atoms with Gasteiger partial charge in [0.1, 0.15) is 5.69 Å². The monoisotopic (exact) mass is 392 g/mol. The van der Waals surface area contributed by atoms with Gasteiger partial charge in [0.25, 0.3) is 5.91 Å². The van der Waals surface area contributed by atoms with Crippen LogP contribution >= 0.6 is 0 Å². The number of benzene rings is 1. The molecule has 1 saturated heterocycles. The topological polar surface area (TPSA) is 48.5 Å². The minimum Gasteiger partial charge on any atom is -0.370 e. The molecule has 1 aliphatic carbocycles. The molecule has 0 bridgehead atoms. The zero-order chi connectivity index (χ0) is 20.4. The SMILES string of the molecule is CN(C)C(=O)c1ccc(N2CCC(C)(CN[C@@H]3C[C@H]3c3ccccc3)CC2)cn1. The Bertz CT molecular complexity index is 826. The largest absolute Gasteiger partial charge is 0.370 e. The second-order valence-electron chi connectivity index (χ2n) is 9.14. The summed E-state index contributed by atoms with van der Waals surface area (Å²) < 4.78 is 0. The normalized spacial score (nSPS) is 22.9. The second kappa shape index (κ2) is 8.15. The molecular weight excluding hydrogens is 360 g/mol. The van der Waals surface area contributed by atoms with E-state index < -0.39 is 0 Å². The van der Waals surface area contributed by atoms with E-state index >= 15 is 0 Å². The number of nitrogens with zero attached hydrogens (tertiary/aromatic N) is 3. The molecule has 1 aliphatic heterocycles. The highest BCUT2D eigenvalue weighted by molar-refractivity contribution is 5.92. The molecule has 29 heavy (non-hydrogen) atoms. The Balaban J connectivity index is 1.26. The van der Waals surface area contributed by atoms with E-state index in [0.29, 0.717) is 23.1 Å². The minimum absolute atomic E-state index is 0.0530. The van der Waals surface area contributed by atoms with Gasteiger partial charge < -0.3 is 15.1 Å². The summed E-state index contributed by atoms with van der Waals surface area (Å²) in [4.78, 5) is 20.3. The van der Waals surface area contributed by atoms with Gasteiger partial charge in [-0.15, -0.1) is 0 Å². The number of amides is 1. The second-order valence-corrected chi connectivity index (χ2v) is 9.14. The molecule has 154 valence electrons. The zero-order valence-corrected chi connectivity index (χ0v) is 17.8. The average Bonchev–Trinajstić information content (AvgIpc) is 3.53. The Morgan fingerprint density at radius 2 is 1.90 bits per heavy atom. The fourth-order valence-corrected chi connectivity index (χ4v) is 4.28. The first-order chi connectivity index (χ1) is 14.0. The van der Waals surface area contributed by atoms with Crippen LogP contribution in [0.5, 0.6) is 0 Å². The number of hydrogen-bond donors (Lipinski definition) is 1. The quantitative estimate of drug-likeness (QED) is 0.817. The minimum atomic E-state index is -0.0530. The van der Waals surface area contributed by atoms with Crippen molar-refractivity contribution in [1.29, 1.82) is 0 Å². The molecule has 1 aromatic heterocycles. The van der Waals surface area contributed by atoms with Gasteiger partial charge in [-0.25, -0.2) is 4.98 Å². The van der Waals surface area contributed by atoms with Gasteiger partial charge in [0, 0.05) is 45.7 Å². The predicted molar refractivity (Wildman–Crippen MR) is 117 cm³/mol. The van der Waals surface area contributed by atoms with Crippen LogP contribution in [0.3, 0.4) is 0 Å². The first-order valence-corrected chi connectivity index (χ1v) is 10.7. The van der Waals surface area contributed by atoms with Crippen LogP contribution in [0.2, 0.25) is 0 Å². The van der Waals surface area contributed by atoms with Gasteiger partial charge in [-0.3, -0.25) is 4.79 Å². The maximum Gasteiger partial charge on any atom is 0.271 e. The number of piperidine rings is 1. The Hall–Kier alpha value is -2.40. The molecule has 1 amide bonds. The molecule has 5 heteroatoms. The standard InChI is InChI=1S/C24H32N4O/c1-24(17-26-22-15-20(22)18-7-5-4-6-8-18)11-13-28(14-12-24)19-9-10-21(25-16-19)23(29)27(2)3/h4-10,16,20,22,26H,11-15,17H2,1-3H3/t20-,22+/m0/s1. The Morgan fingerprint density at radius 1 is 1.17 bits per heavy atom. The van der Waals surface area contributed by atoms with Crippen molar-refractivity contribution in [2.75, 3.05) is 38.6 Å². The smallest absolute Gasteiger partial charge is 0.271 e. The van der Waals surface area contributed by atoms with Crippen LogP contribution < -0.4 is 10.2 Å². The average molecular weight is 393 g/mol. The molecule has 1 saturated carbocycles. The predicted octanol–water partition coefficient (Wildman–Crippen LogP) is 3.54. The van der Waals surface area contributed by atoms with Crippen molar-refractivity contribution >= 4 is 11.6 Å². The van der Waals surface area contributed by atoms with E-state index in [2.05, 4.69) is 52.5 Å². The third kappa shape index (κ3) is 4.61. The van der Waals surface area contributed by atoms with E-state index in [-0.39, 0.29) is 5.91 Å². The lowest BCUT2D eigenvalue weighted by Gasteiger charge is -2.40. The van der Waals surface area contributed by atoms with E-state index in [9.17, 15) is 4.79 Å². The van der Waals surface area contributed by atoms with Crippen LogP contribution in [0.4, 0.5) is 5.69 Å². The zero-order valence-electron chi connectivity index (χ0n) is 17.8. The highest BCUT2D eigenvalue weighted by atomic mass is 16.2. The molecule has 0 spiro atoms. The maximum atomic E-state index is 12.0. The molecule has 2 fully saturated rings. The summed E-state index contributed by atoms with van der Waals surface area (Å²) in [6.45, 7) is 5.57. The van der Waals surface area contributed by atoms with E-state index in [1.54, 1.807) is 19.0 Å². The van der Waals surface area contributed by atoms with E-state index in [0.717, 1.165) is 25.3 Å². The molecule has 0 unspecified atom stereocenters. The van der Waals surface area contributed by atoms with Gasteiger partial charge in [0.15, 0.2) is 0 Å². The number of carbonyl (C=O) groups is 1. The Morgan fingerprint density at radius 3 is 2.52 bits per heavy atom. The van der Waals surface area contributed by atoms with Gasteiger partial charge in [-0.1, -0.05) is 37.3 Å². The number of pyridine rings is 1. The lowest BCUT2D eigenvalue weighted by molar-refractivity contribution is 0.0822. The molecular formula is C24H32N4O. The van der Waals surface area contributed by atoms with Crippen molar-refractivity contribution in [2.24, 2.45) is 5.41 Å². The lowest BCUT2D eigenvalue weighted by Crippen LogP contribution is -2.44. The first kappa shape index (κ1) is 19.9. The van der Waals surface area contributed by atoms with E-state index in [1.165, 1.54) is 24.8 Å². The summed E-state index contributed by atoms with van der Waals surface area (Å²) >= 11 is 0. The third-order valence-corrected chi connectivity index (χ3v) is 6.52. The molecule has 0 radical (unpaired) electrons. The van der Waals surface area contributed by atoms with Crippen LogP contribution in [-0.4, -0.2) is 55.6 Å². The molecule has 1 aromatic carbocycles. The Kier molecular flexibility index (Phi) is 5.59. The third-order valence-electron chi connectivity index (χ3n) is 6.52. The van der Waals surface area contributed by atoms with Crippen LogP contribution in [0.1, 0.15) is 48.2 Å². The van der Waals surface area contributed by atoms with Crippen molar-refractivity contribution in [3.8, 4) is 0 Å².